The predicted octanol–water partition coefficient (Wildman–Crippen LogP) is 5.74. The molecule has 4 aromatic carbocycles. The Kier molecular flexibility index (Phi) is 5.27. The SMILES string of the molecule is CCc1ccc2c3c(C(N)=O)cccc3n(Cc3ccccc3C(=O)c3ccccc3)c2c1. The molecule has 1 amide bonds. The van der Waals surface area contributed by atoms with Crippen LogP contribution in [0.3, 0.4) is 0 Å². The molecule has 4 nitrogen and oxygen atoms in total. The second kappa shape index (κ2) is 8.40. The summed E-state index contributed by atoms with van der Waals surface area (Å²) in [6.45, 7) is 2.63. The number of hydrogen-bond donors (Lipinski definition) is 1. The molecule has 4 heteroatoms. The van der Waals surface area contributed by atoms with Crippen molar-refractivity contribution in [2.75, 3.05) is 0 Å². The molecule has 0 saturated heterocycles. The second-order valence-corrected chi connectivity index (χ2v) is 8.21. The van der Waals surface area contributed by atoms with Crippen LogP contribution in [0.1, 0.15) is 44.3 Å². The molecule has 0 aliphatic heterocycles. The number of hydrogen-bond acceptors (Lipinski definition) is 2. The van der Waals surface area contributed by atoms with Crippen LogP contribution in [0.15, 0.2) is 91.0 Å². The van der Waals surface area contributed by atoms with Gasteiger partial charge in [-0.1, -0.05) is 79.7 Å². The molecule has 0 saturated carbocycles. The van der Waals surface area contributed by atoms with E-state index in [0.717, 1.165) is 33.8 Å². The Morgan fingerprint density at radius 2 is 1.52 bits per heavy atom. The topological polar surface area (TPSA) is 65.1 Å². The zero-order valence-corrected chi connectivity index (χ0v) is 18.4. The largest absolute Gasteiger partial charge is 0.366 e. The number of primary amides is 1. The average Bonchev–Trinajstić information content (AvgIpc) is 3.17. The quantitative estimate of drug-likeness (QED) is 0.348. The van der Waals surface area contributed by atoms with Gasteiger partial charge in [-0.2, -0.15) is 0 Å². The molecule has 0 atom stereocenters. The first-order valence-electron chi connectivity index (χ1n) is 11.1. The van der Waals surface area contributed by atoms with E-state index in [2.05, 4.69) is 29.7 Å². The Hall–Kier alpha value is -4.18. The van der Waals surface area contributed by atoms with Gasteiger partial charge in [0.05, 0.1) is 5.52 Å². The van der Waals surface area contributed by atoms with Crippen molar-refractivity contribution < 1.29 is 9.59 Å². The fourth-order valence-electron chi connectivity index (χ4n) is 4.58. The highest BCUT2D eigenvalue weighted by Crippen LogP contribution is 2.33. The van der Waals surface area contributed by atoms with Crippen LogP contribution in [0, 0.1) is 0 Å². The number of ketones is 1. The van der Waals surface area contributed by atoms with Gasteiger partial charge in [0.1, 0.15) is 0 Å². The normalized spacial score (nSPS) is 11.2. The molecule has 2 N–H and O–H groups in total. The Balaban J connectivity index is 1.73. The smallest absolute Gasteiger partial charge is 0.249 e. The van der Waals surface area contributed by atoms with Crippen LogP contribution in [-0.4, -0.2) is 16.3 Å². The Labute approximate surface area is 192 Å². The molecule has 162 valence electrons. The van der Waals surface area contributed by atoms with Crippen molar-refractivity contribution in [3.63, 3.8) is 0 Å². The maximum absolute atomic E-state index is 13.3. The van der Waals surface area contributed by atoms with Crippen molar-refractivity contribution in [2.24, 2.45) is 5.73 Å². The molecule has 0 bridgehead atoms. The van der Waals surface area contributed by atoms with Gasteiger partial charge in [0, 0.05) is 39.5 Å². The lowest BCUT2D eigenvalue weighted by atomic mass is 9.98. The summed E-state index contributed by atoms with van der Waals surface area (Å²) in [6, 6.07) is 29.0. The van der Waals surface area contributed by atoms with Gasteiger partial charge in [-0.25, -0.2) is 0 Å². The third kappa shape index (κ3) is 3.60. The molecule has 1 heterocycles. The van der Waals surface area contributed by atoms with E-state index in [4.69, 9.17) is 5.73 Å². The van der Waals surface area contributed by atoms with E-state index in [1.165, 1.54) is 5.56 Å². The van der Waals surface area contributed by atoms with Crippen LogP contribution >= 0.6 is 0 Å². The lowest BCUT2D eigenvalue weighted by molar-refractivity contribution is 0.1000. The molecule has 0 unspecified atom stereocenters. The molecule has 0 aliphatic carbocycles. The van der Waals surface area contributed by atoms with Crippen molar-refractivity contribution in [3.05, 3.63) is 119 Å². The Morgan fingerprint density at radius 1 is 0.788 bits per heavy atom. The van der Waals surface area contributed by atoms with Gasteiger partial charge in [0.15, 0.2) is 5.78 Å². The number of aromatic nitrogens is 1. The Bertz CT molecular complexity index is 1510. The zero-order valence-electron chi connectivity index (χ0n) is 18.4. The van der Waals surface area contributed by atoms with E-state index in [1.54, 1.807) is 6.07 Å². The molecule has 5 aromatic rings. The van der Waals surface area contributed by atoms with Gasteiger partial charge in [-0.05, 0) is 35.7 Å². The number of benzene rings is 4. The van der Waals surface area contributed by atoms with Crippen LogP contribution in [-0.2, 0) is 13.0 Å². The first kappa shape index (κ1) is 20.7. The molecular weight excluding hydrogens is 408 g/mol. The van der Waals surface area contributed by atoms with E-state index in [0.29, 0.717) is 23.2 Å². The van der Waals surface area contributed by atoms with Gasteiger partial charge in [0.25, 0.3) is 0 Å². The van der Waals surface area contributed by atoms with Crippen LogP contribution in [0.2, 0.25) is 0 Å². The lowest BCUT2D eigenvalue weighted by Crippen LogP contribution is -2.11. The monoisotopic (exact) mass is 432 g/mol. The number of nitrogens with two attached hydrogens (primary N) is 1. The van der Waals surface area contributed by atoms with E-state index >= 15 is 0 Å². The molecule has 0 radical (unpaired) electrons. The minimum absolute atomic E-state index is 0.000889. The number of amides is 1. The molecule has 5 rings (SSSR count). The van der Waals surface area contributed by atoms with E-state index in [1.807, 2.05) is 66.7 Å². The third-order valence-electron chi connectivity index (χ3n) is 6.26. The highest BCUT2D eigenvalue weighted by molar-refractivity contribution is 6.18. The summed E-state index contributed by atoms with van der Waals surface area (Å²) in [5.74, 6) is -0.446. The maximum Gasteiger partial charge on any atom is 0.249 e. The Morgan fingerprint density at radius 3 is 2.27 bits per heavy atom. The number of carbonyl (C=O) groups is 2. The number of rotatable bonds is 6. The minimum atomic E-state index is -0.445. The summed E-state index contributed by atoms with van der Waals surface area (Å²) in [4.78, 5) is 25.5. The number of nitrogens with zero attached hydrogens (tertiary/aromatic N) is 1. The highest BCUT2D eigenvalue weighted by Gasteiger charge is 2.19. The van der Waals surface area contributed by atoms with Gasteiger partial charge in [0.2, 0.25) is 5.91 Å². The van der Waals surface area contributed by atoms with Crippen molar-refractivity contribution >= 4 is 33.5 Å². The maximum atomic E-state index is 13.3. The van der Waals surface area contributed by atoms with E-state index in [9.17, 15) is 9.59 Å². The first-order valence-corrected chi connectivity index (χ1v) is 11.1. The summed E-state index contributed by atoms with van der Waals surface area (Å²) in [6.07, 6.45) is 0.906. The summed E-state index contributed by atoms with van der Waals surface area (Å²) >= 11 is 0. The van der Waals surface area contributed by atoms with Gasteiger partial charge >= 0.3 is 0 Å². The van der Waals surface area contributed by atoms with Crippen LogP contribution < -0.4 is 5.73 Å². The summed E-state index contributed by atoms with van der Waals surface area (Å²) < 4.78 is 2.19. The predicted molar refractivity (Wildman–Crippen MR) is 133 cm³/mol. The summed E-state index contributed by atoms with van der Waals surface area (Å²) in [5, 5.41) is 1.85. The lowest BCUT2D eigenvalue weighted by Gasteiger charge is -2.13. The number of aryl methyl sites for hydroxylation is 1. The van der Waals surface area contributed by atoms with Crippen molar-refractivity contribution in [2.45, 2.75) is 19.9 Å². The molecular formula is C29H24N2O2. The van der Waals surface area contributed by atoms with Gasteiger partial charge < -0.3 is 10.3 Å². The van der Waals surface area contributed by atoms with Crippen LogP contribution in [0.4, 0.5) is 0 Å². The average molecular weight is 433 g/mol. The highest BCUT2D eigenvalue weighted by atomic mass is 16.1. The number of carbonyl (C=O) groups excluding carboxylic acids is 2. The second-order valence-electron chi connectivity index (χ2n) is 8.21. The molecule has 33 heavy (non-hydrogen) atoms. The van der Waals surface area contributed by atoms with Crippen LogP contribution in [0.5, 0.6) is 0 Å². The fraction of sp³-hybridized carbons (Fsp3) is 0.103. The third-order valence-corrected chi connectivity index (χ3v) is 6.26. The van der Waals surface area contributed by atoms with E-state index < -0.39 is 5.91 Å². The van der Waals surface area contributed by atoms with E-state index in [-0.39, 0.29) is 5.78 Å². The standard InChI is InChI=1S/C29H24N2O2/c1-2-19-15-16-23-26(17-19)31(25-14-8-13-24(27(23)25)29(30)33)18-21-11-6-7-12-22(21)28(32)20-9-4-3-5-10-20/h3-17H,2,18H2,1H3,(H2,30,33). The van der Waals surface area contributed by atoms with Crippen molar-refractivity contribution in [1.82, 2.24) is 4.57 Å². The number of fused-ring (bicyclic) bond motifs is 3. The van der Waals surface area contributed by atoms with Crippen LogP contribution in [0.25, 0.3) is 21.8 Å². The van der Waals surface area contributed by atoms with Crippen molar-refractivity contribution in [3.8, 4) is 0 Å². The minimum Gasteiger partial charge on any atom is -0.366 e. The molecule has 0 fully saturated rings. The van der Waals surface area contributed by atoms with Gasteiger partial charge in [-0.15, -0.1) is 0 Å². The van der Waals surface area contributed by atoms with Gasteiger partial charge in [-0.3, -0.25) is 9.59 Å². The summed E-state index contributed by atoms with van der Waals surface area (Å²) in [5.41, 5.74) is 11.7. The molecule has 1 aromatic heterocycles. The zero-order chi connectivity index (χ0) is 22.9. The fourth-order valence-corrected chi connectivity index (χ4v) is 4.58. The summed E-state index contributed by atoms with van der Waals surface area (Å²) in [7, 11) is 0. The molecule has 0 aliphatic rings. The first-order chi connectivity index (χ1) is 16.1. The molecule has 0 spiro atoms. The van der Waals surface area contributed by atoms with Crippen molar-refractivity contribution in [1.29, 1.82) is 0 Å².